The molecular weight excluding hydrogens is 340 g/mol. The van der Waals surface area contributed by atoms with Gasteiger partial charge in [-0.15, -0.1) is 11.3 Å². The maximum Gasteiger partial charge on any atom is 0.263 e. The average molecular weight is 351 g/mol. The lowest BCUT2D eigenvalue weighted by Crippen LogP contribution is -2.12. The second-order valence-corrected chi connectivity index (χ2v) is 7.67. The first-order chi connectivity index (χ1) is 8.42. The predicted octanol–water partition coefficient (Wildman–Crippen LogP) is 1.50. The molecule has 0 amide bonds. The van der Waals surface area contributed by atoms with Gasteiger partial charge < -0.3 is 5.73 Å². The third-order valence-corrected chi connectivity index (χ3v) is 5.81. The van der Waals surface area contributed by atoms with Crippen LogP contribution in [-0.4, -0.2) is 18.2 Å². The van der Waals surface area contributed by atoms with Crippen LogP contribution >= 0.6 is 27.3 Å². The van der Waals surface area contributed by atoms with E-state index in [9.17, 15) is 8.42 Å². The number of nitrogens with zero attached hydrogens (tertiary/aromatic N) is 2. The summed E-state index contributed by atoms with van der Waals surface area (Å²) in [6.45, 7) is 0.311. The maximum absolute atomic E-state index is 12.1. The van der Waals surface area contributed by atoms with Crippen LogP contribution in [0.4, 0.5) is 5.69 Å². The Kier molecular flexibility index (Phi) is 3.76. The van der Waals surface area contributed by atoms with Gasteiger partial charge in [0.2, 0.25) is 0 Å². The number of nitrogens with two attached hydrogens (primary N) is 1. The van der Waals surface area contributed by atoms with E-state index < -0.39 is 10.0 Å². The molecule has 0 spiro atoms. The summed E-state index contributed by atoms with van der Waals surface area (Å²) in [5, 5.41) is 3.90. The summed E-state index contributed by atoms with van der Waals surface area (Å²) in [5.41, 5.74) is 5.91. The molecule has 0 aromatic carbocycles. The zero-order valence-corrected chi connectivity index (χ0v) is 12.6. The van der Waals surface area contributed by atoms with E-state index in [0.29, 0.717) is 16.0 Å². The lowest BCUT2D eigenvalue weighted by molar-refractivity contribution is 0.601. The van der Waals surface area contributed by atoms with E-state index in [-0.39, 0.29) is 4.90 Å². The molecule has 2 aromatic rings. The summed E-state index contributed by atoms with van der Waals surface area (Å²) >= 11 is 4.54. The average Bonchev–Trinajstić information content (AvgIpc) is 2.84. The summed E-state index contributed by atoms with van der Waals surface area (Å²) in [4.78, 5) is 0.991. The standard InChI is InChI=1S/C9H11BrN4O2S2/c1-14-5-6(4-12-14)13-18(15,16)8-2-7(3-11)17-9(8)10/h2,4-5,13H,3,11H2,1H3. The van der Waals surface area contributed by atoms with Crippen molar-refractivity contribution in [2.24, 2.45) is 12.8 Å². The third kappa shape index (κ3) is 2.74. The molecule has 2 heterocycles. The van der Waals surface area contributed by atoms with Gasteiger partial charge in [-0.25, -0.2) is 8.42 Å². The summed E-state index contributed by atoms with van der Waals surface area (Å²) in [5.74, 6) is 0. The Morgan fingerprint density at radius 3 is 2.83 bits per heavy atom. The molecule has 0 bridgehead atoms. The number of hydrogen-bond donors (Lipinski definition) is 2. The van der Waals surface area contributed by atoms with Gasteiger partial charge in [-0.1, -0.05) is 0 Å². The van der Waals surface area contributed by atoms with Gasteiger partial charge in [0.05, 0.1) is 15.7 Å². The van der Waals surface area contributed by atoms with Crippen molar-refractivity contribution in [1.29, 1.82) is 0 Å². The number of sulfonamides is 1. The van der Waals surface area contributed by atoms with Crippen LogP contribution in [0.15, 0.2) is 27.1 Å². The van der Waals surface area contributed by atoms with Crippen molar-refractivity contribution in [3.8, 4) is 0 Å². The molecular formula is C9H11BrN4O2S2. The molecule has 0 aliphatic heterocycles. The zero-order chi connectivity index (χ0) is 13.3. The van der Waals surface area contributed by atoms with E-state index in [1.807, 2.05) is 0 Å². The molecule has 2 rings (SSSR count). The Labute approximate surface area is 117 Å². The molecule has 18 heavy (non-hydrogen) atoms. The molecule has 98 valence electrons. The second kappa shape index (κ2) is 5.00. The van der Waals surface area contributed by atoms with Gasteiger partial charge in [0.25, 0.3) is 10.0 Å². The Morgan fingerprint density at radius 2 is 2.33 bits per heavy atom. The molecule has 0 saturated heterocycles. The summed E-state index contributed by atoms with van der Waals surface area (Å²) in [7, 11) is -1.90. The van der Waals surface area contributed by atoms with Crippen LogP contribution in [-0.2, 0) is 23.6 Å². The van der Waals surface area contributed by atoms with Crippen molar-refractivity contribution in [3.05, 3.63) is 27.1 Å². The van der Waals surface area contributed by atoms with E-state index in [1.165, 1.54) is 22.2 Å². The van der Waals surface area contributed by atoms with E-state index in [2.05, 4.69) is 25.8 Å². The monoisotopic (exact) mass is 350 g/mol. The van der Waals surface area contributed by atoms with Gasteiger partial charge in [-0.2, -0.15) is 5.10 Å². The maximum atomic E-state index is 12.1. The van der Waals surface area contributed by atoms with Crippen LogP contribution in [0.5, 0.6) is 0 Å². The summed E-state index contributed by atoms with van der Waals surface area (Å²) in [6.07, 6.45) is 3.03. The lowest BCUT2D eigenvalue weighted by Gasteiger charge is -2.03. The minimum Gasteiger partial charge on any atom is -0.326 e. The van der Waals surface area contributed by atoms with E-state index >= 15 is 0 Å². The van der Waals surface area contributed by atoms with Crippen molar-refractivity contribution in [3.63, 3.8) is 0 Å². The molecule has 9 heteroatoms. The molecule has 0 radical (unpaired) electrons. The number of hydrogen-bond acceptors (Lipinski definition) is 5. The fourth-order valence-corrected chi connectivity index (χ4v) is 4.96. The Balaban J connectivity index is 2.33. The normalized spacial score (nSPS) is 11.7. The van der Waals surface area contributed by atoms with E-state index in [4.69, 9.17) is 5.73 Å². The highest BCUT2D eigenvalue weighted by atomic mass is 79.9. The number of thiophene rings is 1. The molecule has 0 saturated carbocycles. The zero-order valence-electron chi connectivity index (χ0n) is 9.42. The number of anilines is 1. The van der Waals surface area contributed by atoms with E-state index in [0.717, 1.165) is 4.88 Å². The minimum atomic E-state index is -3.62. The number of rotatable bonds is 4. The molecule has 3 N–H and O–H groups in total. The highest BCUT2D eigenvalue weighted by Gasteiger charge is 2.21. The number of nitrogens with one attached hydrogen (secondary N) is 1. The highest BCUT2D eigenvalue weighted by molar-refractivity contribution is 9.11. The van der Waals surface area contributed by atoms with Crippen LogP contribution in [0.1, 0.15) is 4.88 Å². The van der Waals surface area contributed by atoms with Crippen molar-refractivity contribution >= 4 is 43.0 Å². The quantitative estimate of drug-likeness (QED) is 0.874. The van der Waals surface area contributed by atoms with Crippen LogP contribution in [0.3, 0.4) is 0 Å². The Morgan fingerprint density at radius 1 is 1.61 bits per heavy atom. The summed E-state index contributed by atoms with van der Waals surface area (Å²) < 4.78 is 28.8. The third-order valence-electron chi connectivity index (χ3n) is 2.15. The van der Waals surface area contributed by atoms with Gasteiger partial charge >= 0.3 is 0 Å². The fraction of sp³-hybridized carbons (Fsp3) is 0.222. The number of aromatic nitrogens is 2. The van der Waals surface area contributed by atoms with Gasteiger partial charge in [-0.3, -0.25) is 9.40 Å². The predicted molar refractivity (Wildman–Crippen MR) is 73.9 cm³/mol. The molecule has 0 atom stereocenters. The fourth-order valence-electron chi connectivity index (χ4n) is 1.37. The van der Waals surface area contributed by atoms with Crippen LogP contribution in [0.25, 0.3) is 0 Å². The van der Waals surface area contributed by atoms with Crippen LogP contribution < -0.4 is 10.5 Å². The Hall–Kier alpha value is -0.900. The van der Waals surface area contributed by atoms with Gasteiger partial charge in [0.15, 0.2) is 0 Å². The van der Waals surface area contributed by atoms with Crippen molar-refractivity contribution < 1.29 is 8.42 Å². The van der Waals surface area contributed by atoms with Gasteiger partial charge in [0.1, 0.15) is 4.90 Å². The van der Waals surface area contributed by atoms with Crippen molar-refractivity contribution in [1.82, 2.24) is 9.78 Å². The van der Waals surface area contributed by atoms with Gasteiger partial charge in [-0.05, 0) is 22.0 Å². The first-order valence-electron chi connectivity index (χ1n) is 4.92. The van der Waals surface area contributed by atoms with E-state index in [1.54, 1.807) is 19.3 Å². The topological polar surface area (TPSA) is 90.0 Å². The molecule has 0 aliphatic rings. The van der Waals surface area contributed by atoms with Crippen molar-refractivity contribution in [2.45, 2.75) is 11.4 Å². The second-order valence-electron chi connectivity index (χ2n) is 3.56. The minimum absolute atomic E-state index is 0.191. The smallest absolute Gasteiger partial charge is 0.263 e. The van der Waals surface area contributed by atoms with Crippen LogP contribution in [0.2, 0.25) is 0 Å². The van der Waals surface area contributed by atoms with Crippen LogP contribution in [0, 0.1) is 0 Å². The number of halogens is 1. The highest BCUT2D eigenvalue weighted by Crippen LogP contribution is 2.32. The first kappa shape index (κ1) is 13.5. The Bertz CT molecular complexity index is 662. The summed E-state index contributed by atoms with van der Waals surface area (Å²) in [6, 6.07) is 1.56. The van der Waals surface area contributed by atoms with Crippen molar-refractivity contribution in [2.75, 3.05) is 4.72 Å². The number of aryl methyl sites for hydroxylation is 1. The first-order valence-corrected chi connectivity index (χ1v) is 8.01. The molecule has 6 nitrogen and oxygen atoms in total. The largest absolute Gasteiger partial charge is 0.326 e. The SMILES string of the molecule is Cn1cc(NS(=O)(=O)c2cc(CN)sc2Br)cn1. The molecule has 0 unspecified atom stereocenters. The molecule has 0 aliphatic carbocycles. The van der Waals surface area contributed by atoms with Gasteiger partial charge in [0, 0.05) is 24.7 Å². The lowest BCUT2D eigenvalue weighted by atomic mass is 10.5. The molecule has 0 fully saturated rings. The molecule has 2 aromatic heterocycles.